The Morgan fingerprint density at radius 1 is 1.38 bits per heavy atom. The maximum absolute atomic E-state index is 5.96. The number of terminal acetylenes is 1. The number of likely N-dealkylation sites (N-methyl/N-ethyl adjacent to an activating group) is 1. The van der Waals surface area contributed by atoms with Crippen LogP contribution in [0.2, 0.25) is 10.0 Å². The van der Waals surface area contributed by atoms with Gasteiger partial charge in [0, 0.05) is 12.5 Å². The lowest BCUT2D eigenvalue weighted by molar-refractivity contribution is 0.528. The zero-order valence-corrected chi connectivity index (χ0v) is 10.8. The van der Waals surface area contributed by atoms with Crippen molar-refractivity contribution in [3.8, 4) is 12.3 Å². The lowest BCUT2D eigenvalue weighted by atomic mass is 10.0. The third-order valence-electron chi connectivity index (χ3n) is 2.51. The highest BCUT2D eigenvalue weighted by atomic mass is 35.5. The molecule has 0 aromatic heterocycles. The Morgan fingerprint density at radius 2 is 2.12 bits per heavy atom. The zero-order valence-electron chi connectivity index (χ0n) is 9.26. The van der Waals surface area contributed by atoms with E-state index in [1.807, 2.05) is 25.2 Å². The second-order valence-corrected chi connectivity index (χ2v) is 4.50. The van der Waals surface area contributed by atoms with Crippen molar-refractivity contribution in [2.24, 2.45) is 0 Å². The first-order chi connectivity index (χ1) is 7.67. The summed E-state index contributed by atoms with van der Waals surface area (Å²) in [5, 5.41) is 4.44. The van der Waals surface area contributed by atoms with E-state index in [4.69, 9.17) is 29.6 Å². The summed E-state index contributed by atoms with van der Waals surface area (Å²) < 4.78 is 0. The summed E-state index contributed by atoms with van der Waals surface area (Å²) in [6, 6.07) is 6.11. The topological polar surface area (TPSA) is 12.0 Å². The molecular weight excluding hydrogens is 241 g/mol. The van der Waals surface area contributed by atoms with Crippen LogP contribution in [0.4, 0.5) is 0 Å². The van der Waals surface area contributed by atoms with Crippen molar-refractivity contribution in [3.63, 3.8) is 0 Å². The molecule has 0 amide bonds. The molecule has 3 heteroatoms. The third-order valence-corrected chi connectivity index (χ3v) is 3.25. The molecule has 16 heavy (non-hydrogen) atoms. The van der Waals surface area contributed by atoms with Gasteiger partial charge in [-0.15, -0.1) is 12.3 Å². The molecule has 1 aromatic carbocycles. The van der Waals surface area contributed by atoms with E-state index in [9.17, 15) is 0 Å². The predicted molar refractivity (Wildman–Crippen MR) is 71.1 cm³/mol. The summed E-state index contributed by atoms with van der Waals surface area (Å²) >= 11 is 11.8. The van der Waals surface area contributed by atoms with Gasteiger partial charge in [-0.25, -0.2) is 0 Å². The van der Waals surface area contributed by atoms with Crippen LogP contribution in [0.1, 0.15) is 18.4 Å². The van der Waals surface area contributed by atoms with Gasteiger partial charge in [0.1, 0.15) is 0 Å². The molecule has 0 bridgehead atoms. The molecule has 0 saturated carbocycles. The summed E-state index contributed by atoms with van der Waals surface area (Å²) in [5.41, 5.74) is 1.17. The van der Waals surface area contributed by atoms with Crippen LogP contribution in [-0.4, -0.2) is 13.1 Å². The van der Waals surface area contributed by atoms with Gasteiger partial charge in [0.05, 0.1) is 10.0 Å². The molecule has 0 aliphatic rings. The number of hydrogen-bond acceptors (Lipinski definition) is 1. The second kappa shape index (κ2) is 6.81. The van der Waals surface area contributed by atoms with Crippen LogP contribution in [0.5, 0.6) is 0 Å². The van der Waals surface area contributed by atoms with Crippen molar-refractivity contribution in [1.82, 2.24) is 5.32 Å². The zero-order chi connectivity index (χ0) is 12.0. The van der Waals surface area contributed by atoms with Crippen LogP contribution < -0.4 is 5.32 Å². The lowest BCUT2D eigenvalue weighted by Crippen LogP contribution is -2.27. The first-order valence-corrected chi connectivity index (χ1v) is 5.97. The largest absolute Gasteiger partial charge is 0.317 e. The highest BCUT2D eigenvalue weighted by molar-refractivity contribution is 6.42. The molecule has 1 unspecified atom stereocenters. The third kappa shape index (κ3) is 4.06. The molecule has 0 aliphatic heterocycles. The molecule has 0 spiro atoms. The summed E-state index contributed by atoms with van der Waals surface area (Å²) in [4.78, 5) is 0. The minimum Gasteiger partial charge on any atom is -0.317 e. The molecule has 1 atom stereocenters. The summed E-state index contributed by atoms with van der Waals surface area (Å²) in [6.07, 6.45) is 7.91. The summed E-state index contributed by atoms with van der Waals surface area (Å²) in [6.45, 7) is 0. The van der Waals surface area contributed by atoms with E-state index in [1.165, 1.54) is 5.56 Å². The monoisotopic (exact) mass is 255 g/mol. The van der Waals surface area contributed by atoms with Gasteiger partial charge in [-0.3, -0.25) is 0 Å². The van der Waals surface area contributed by atoms with E-state index >= 15 is 0 Å². The molecule has 1 nitrogen and oxygen atoms in total. The minimum absolute atomic E-state index is 0.383. The standard InChI is InChI=1S/C13H15Cl2N/c1-3-4-5-11(16-2)8-10-6-7-12(14)13(15)9-10/h1,6-7,9,11,16H,4-5,8H2,2H3. The maximum atomic E-state index is 5.96. The van der Waals surface area contributed by atoms with Crippen molar-refractivity contribution in [1.29, 1.82) is 0 Å². The molecule has 0 heterocycles. The fourth-order valence-corrected chi connectivity index (χ4v) is 1.88. The van der Waals surface area contributed by atoms with E-state index < -0.39 is 0 Å². The highest BCUT2D eigenvalue weighted by Gasteiger charge is 2.07. The van der Waals surface area contributed by atoms with Gasteiger partial charge in [-0.05, 0) is 37.6 Å². The summed E-state index contributed by atoms with van der Waals surface area (Å²) in [7, 11) is 1.94. The van der Waals surface area contributed by atoms with Crippen LogP contribution >= 0.6 is 23.2 Å². The quantitative estimate of drug-likeness (QED) is 0.794. The maximum Gasteiger partial charge on any atom is 0.0595 e. The minimum atomic E-state index is 0.383. The molecule has 1 rings (SSSR count). The molecular formula is C13H15Cl2N. The van der Waals surface area contributed by atoms with Gasteiger partial charge in [-0.1, -0.05) is 29.3 Å². The first-order valence-electron chi connectivity index (χ1n) is 5.22. The van der Waals surface area contributed by atoms with Crippen LogP contribution in [0.15, 0.2) is 18.2 Å². The molecule has 0 aliphatic carbocycles. The summed E-state index contributed by atoms with van der Waals surface area (Å²) in [5.74, 6) is 2.65. The molecule has 1 aromatic rings. The normalized spacial score (nSPS) is 12.1. The molecule has 0 fully saturated rings. The first kappa shape index (κ1) is 13.4. The fraction of sp³-hybridized carbons (Fsp3) is 0.385. The SMILES string of the molecule is C#CCCC(Cc1ccc(Cl)c(Cl)c1)NC. The highest BCUT2D eigenvalue weighted by Crippen LogP contribution is 2.23. The Labute approximate surface area is 107 Å². The molecule has 86 valence electrons. The second-order valence-electron chi connectivity index (χ2n) is 3.68. The van der Waals surface area contributed by atoms with E-state index in [2.05, 4.69) is 11.2 Å². The number of halogens is 2. The van der Waals surface area contributed by atoms with Gasteiger partial charge in [0.25, 0.3) is 0 Å². The van der Waals surface area contributed by atoms with Crippen molar-refractivity contribution >= 4 is 23.2 Å². The van der Waals surface area contributed by atoms with Crippen molar-refractivity contribution < 1.29 is 0 Å². The number of nitrogens with one attached hydrogen (secondary N) is 1. The molecule has 0 radical (unpaired) electrons. The fourth-order valence-electron chi connectivity index (χ4n) is 1.56. The van der Waals surface area contributed by atoms with Crippen LogP contribution in [0, 0.1) is 12.3 Å². The van der Waals surface area contributed by atoms with E-state index in [0.29, 0.717) is 16.1 Å². The van der Waals surface area contributed by atoms with Crippen LogP contribution in [0.3, 0.4) is 0 Å². The van der Waals surface area contributed by atoms with E-state index in [1.54, 1.807) is 0 Å². The Balaban J connectivity index is 2.63. The molecule has 1 N–H and O–H groups in total. The van der Waals surface area contributed by atoms with E-state index in [0.717, 1.165) is 19.3 Å². The van der Waals surface area contributed by atoms with Gasteiger partial charge < -0.3 is 5.32 Å². The van der Waals surface area contributed by atoms with Gasteiger partial charge in [0.2, 0.25) is 0 Å². The predicted octanol–water partition coefficient (Wildman–Crippen LogP) is 3.54. The van der Waals surface area contributed by atoms with Gasteiger partial charge in [-0.2, -0.15) is 0 Å². The number of hydrogen-bond donors (Lipinski definition) is 1. The number of benzene rings is 1. The molecule has 0 saturated heterocycles. The Hall–Kier alpha value is -0.680. The van der Waals surface area contributed by atoms with Gasteiger partial charge >= 0.3 is 0 Å². The van der Waals surface area contributed by atoms with Crippen molar-refractivity contribution in [3.05, 3.63) is 33.8 Å². The van der Waals surface area contributed by atoms with Gasteiger partial charge in [0.15, 0.2) is 0 Å². The average Bonchev–Trinajstić information content (AvgIpc) is 2.29. The van der Waals surface area contributed by atoms with Crippen LogP contribution in [0.25, 0.3) is 0 Å². The Morgan fingerprint density at radius 3 is 2.69 bits per heavy atom. The Kier molecular flexibility index (Phi) is 5.69. The average molecular weight is 256 g/mol. The number of rotatable bonds is 5. The smallest absolute Gasteiger partial charge is 0.0595 e. The van der Waals surface area contributed by atoms with Crippen molar-refractivity contribution in [2.75, 3.05) is 7.05 Å². The van der Waals surface area contributed by atoms with E-state index in [-0.39, 0.29) is 0 Å². The van der Waals surface area contributed by atoms with Crippen molar-refractivity contribution in [2.45, 2.75) is 25.3 Å². The van der Waals surface area contributed by atoms with Crippen LogP contribution in [-0.2, 0) is 6.42 Å². The lowest BCUT2D eigenvalue weighted by Gasteiger charge is -2.15. The Bertz CT molecular complexity index is 382.